The van der Waals surface area contributed by atoms with E-state index in [9.17, 15) is 18.8 Å². The van der Waals surface area contributed by atoms with Crippen molar-refractivity contribution in [2.24, 2.45) is 22.9 Å². The van der Waals surface area contributed by atoms with Gasteiger partial charge < -0.3 is 9.57 Å². The van der Waals surface area contributed by atoms with E-state index in [0.717, 1.165) is 10.8 Å². The van der Waals surface area contributed by atoms with Crippen LogP contribution < -0.4 is 0 Å². The summed E-state index contributed by atoms with van der Waals surface area (Å²) < 4.78 is 18.4. The van der Waals surface area contributed by atoms with Crippen LogP contribution in [0.4, 0.5) is 4.39 Å². The van der Waals surface area contributed by atoms with Crippen LogP contribution in [0.3, 0.4) is 0 Å². The average Bonchev–Trinajstić information content (AvgIpc) is 3.28. The number of Topliss-reactive ketones (excluding diaryl/α,β-unsaturated/α-hetero) is 2. The van der Waals surface area contributed by atoms with Gasteiger partial charge >= 0.3 is 5.97 Å². The van der Waals surface area contributed by atoms with E-state index < -0.39 is 35.7 Å². The van der Waals surface area contributed by atoms with Crippen LogP contribution >= 0.6 is 0 Å². The molecule has 3 rings (SSSR count). The van der Waals surface area contributed by atoms with E-state index in [1.54, 1.807) is 6.20 Å². The molecular weight excluding hydrogens is 439 g/mol. The zero-order valence-corrected chi connectivity index (χ0v) is 20.0. The molecule has 7 nitrogen and oxygen atoms in total. The third-order valence-corrected chi connectivity index (χ3v) is 6.11. The van der Waals surface area contributed by atoms with Crippen LogP contribution in [0.1, 0.15) is 52.7 Å². The Labute approximate surface area is 198 Å². The van der Waals surface area contributed by atoms with Crippen molar-refractivity contribution in [1.29, 1.82) is 0 Å². The average molecular weight is 471 g/mol. The van der Waals surface area contributed by atoms with Crippen LogP contribution in [0, 0.1) is 17.8 Å². The lowest BCUT2D eigenvalue weighted by Crippen LogP contribution is -2.45. The highest BCUT2D eigenvalue weighted by Gasteiger charge is 2.50. The molecule has 1 aliphatic rings. The molecule has 0 unspecified atom stereocenters. The van der Waals surface area contributed by atoms with Gasteiger partial charge in [-0.2, -0.15) is 0 Å². The lowest BCUT2D eigenvalue weighted by atomic mass is 9.77. The Balaban J connectivity index is 1.80. The fourth-order valence-electron chi connectivity index (χ4n) is 4.03. The van der Waals surface area contributed by atoms with Crippen molar-refractivity contribution in [3.8, 4) is 0 Å². The van der Waals surface area contributed by atoms with Gasteiger partial charge in [-0.3, -0.25) is 19.4 Å². The van der Waals surface area contributed by atoms with E-state index in [1.807, 2.05) is 58.0 Å². The summed E-state index contributed by atoms with van der Waals surface area (Å²) >= 11 is 0. The zero-order chi connectivity index (χ0) is 24.9. The van der Waals surface area contributed by atoms with E-state index in [-0.39, 0.29) is 37.7 Å². The van der Waals surface area contributed by atoms with Crippen molar-refractivity contribution in [3.63, 3.8) is 0 Å². The lowest BCUT2D eigenvalue weighted by molar-refractivity contribution is -0.152. The number of carbonyl (C=O) groups is 3. The number of benzene rings is 1. The molecule has 34 heavy (non-hydrogen) atoms. The Morgan fingerprint density at radius 2 is 1.85 bits per heavy atom. The molecule has 2 atom stereocenters. The fraction of sp³-hybridized carbons (Fsp3) is 0.500. The minimum absolute atomic E-state index is 0.121. The van der Waals surface area contributed by atoms with Crippen LogP contribution in [0.25, 0.3) is 10.8 Å². The monoisotopic (exact) mass is 470 g/mol. The summed E-state index contributed by atoms with van der Waals surface area (Å²) in [5, 5.41) is 6.09. The number of nitrogens with zero attached hydrogens (tertiary/aromatic N) is 2. The molecule has 0 aliphatic carbocycles. The van der Waals surface area contributed by atoms with Gasteiger partial charge in [0, 0.05) is 36.3 Å². The van der Waals surface area contributed by atoms with Gasteiger partial charge in [0.2, 0.25) is 5.60 Å². The van der Waals surface area contributed by atoms with Crippen molar-refractivity contribution in [1.82, 2.24) is 4.98 Å². The highest BCUT2D eigenvalue weighted by atomic mass is 19.1. The summed E-state index contributed by atoms with van der Waals surface area (Å²) in [5.74, 6) is -3.11. The van der Waals surface area contributed by atoms with Crippen LogP contribution in [0.2, 0.25) is 0 Å². The topological polar surface area (TPSA) is 94.9 Å². The van der Waals surface area contributed by atoms with Crippen molar-refractivity contribution < 1.29 is 28.3 Å². The zero-order valence-electron chi connectivity index (χ0n) is 20.0. The van der Waals surface area contributed by atoms with Crippen LogP contribution in [0.15, 0.2) is 41.7 Å². The first-order valence-electron chi connectivity index (χ1n) is 11.5. The Bertz CT molecular complexity index is 1090. The second kappa shape index (κ2) is 10.8. The SMILES string of the molecule is CC(C)COC(=O)C[C@H](CC(=O)[C@]1(C(C)C)CC(c2nccc3ccccc23)=NO1)C(=O)CF. The molecule has 8 heteroatoms. The minimum Gasteiger partial charge on any atom is -0.465 e. The minimum atomic E-state index is -1.33. The Morgan fingerprint density at radius 3 is 2.53 bits per heavy atom. The number of ketones is 2. The first-order valence-corrected chi connectivity index (χ1v) is 11.5. The number of oxime groups is 1. The number of alkyl halides is 1. The van der Waals surface area contributed by atoms with Crippen molar-refractivity contribution in [2.75, 3.05) is 13.3 Å². The fourth-order valence-corrected chi connectivity index (χ4v) is 4.03. The van der Waals surface area contributed by atoms with Crippen LogP contribution in [-0.4, -0.2) is 47.1 Å². The second-order valence-electron chi connectivity index (χ2n) is 9.44. The van der Waals surface area contributed by atoms with Crippen LogP contribution in [-0.2, 0) is 24.0 Å². The van der Waals surface area contributed by atoms with Gasteiger partial charge in [0.1, 0.15) is 12.4 Å². The van der Waals surface area contributed by atoms with E-state index in [2.05, 4.69) is 10.1 Å². The number of aromatic nitrogens is 1. The molecule has 2 heterocycles. The Kier molecular flexibility index (Phi) is 8.12. The van der Waals surface area contributed by atoms with Gasteiger partial charge in [0.15, 0.2) is 11.6 Å². The standard InChI is InChI=1S/C26H31FN2O5/c1-16(2)15-33-24(32)12-19(22(30)14-27)11-23(31)26(17(3)4)13-21(29-34-26)25-20-8-6-5-7-18(20)9-10-28-25/h5-10,16-17,19H,11-15H2,1-4H3/t19-,26+/m0/s1. The predicted octanol–water partition coefficient (Wildman–Crippen LogP) is 4.46. The van der Waals surface area contributed by atoms with E-state index >= 15 is 0 Å². The maximum Gasteiger partial charge on any atom is 0.306 e. The third-order valence-electron chi connectivity index (χ3n) is 6.11. The smallest absolute Gasteiger partial charge is 0.306 e. The largest absolute Gasteiger partial charge is 0.465 e. The summed E-state index contributed by atoms with van der Waals surface area (Å²) in [6, 6.07) is 9.60. The summed E-state index contributed by atoms with van der Waals surface area (Å²) in [7, 11) is 0. The van der Waals surface area contributed by atoms with E-state index in [0.29, 0.717) is 11.4 Å². The molecule has 182 valence electrons. The molecule has 0 N–H and O–H groups in total. The number of pyridine rings is 1. The number of carbonyl (C=O) groups excluding carboxylic acids is 3. The van der Waals surface area contributed by atoms with Gasteiger partial charge in [0.05, 0.1) is 18.7 Å². The molecule has 0 saturated carbocycles. The van der Waals surface area contributed by atoms with Gasteiger partial charge in [-0.25, -0.2) is 4.39 Å². The van der Waals surface area contributed by atoms with Crippen molar-refractivity contribution >= 4 is 34.0 Å². The summed E-state index contributed by atoms with van der Waals surface area (Å²) in [6.45, 7) is 6.36. The maximum absolute atomic E-state index is 13.5. The molecular formula is C26H31FN2O5. The first kappa shape index (κ1) is 25.5. The molecule has 0 fully saturated rings. The van der Waals surface area contributed by atoms with Gasteiger partial charge in [-0.1, -0.05) is 57.1 Å². The van der Waals surface area contributed by atoms with Gasteiger partial charge in [0.25, 0.3) is 0 Å². The Morgan fingerprint density at radius 1 is 1.12 bits per heavy atom. The van der Waals surface area contributed by atoms with Crippen molar-refractivity contribution in [3.05, 3.63) is 42.2 Å². The number of hydrogen-bond donors (Lipinski definition) is 0. The predicted molar refractivity (Wildman–Crippen MR) is 126 cm³/mol. The normalized spacial score (nSPS) is 18.6. The quantitative estimate of drug-likeness (QED) is 0.450. The molecule has 1 aliphatic heterocycles. The molecule has 0 bridgehead atoms. The van der Waals surface area contributed by atoms with E-state index in [1.165, 1.54) is 0 Å². The summed E-state index contributed by atoms with van der Waals surface area (Å²) in [4.78, 5) is 48.1. The van der Waals surface area contributed by atoms with Crippen molar-refractivity contribution in [2.45, 2.75) is 52.6 Å². The first-order chi connectivity index (χ1) is 16.2. The van der Waals surface area contributed by atoms with Crippen LogP contribution in [0.5, 0.6) is 0 Å². The third kappa shape index (κ3) is 5.48. The number of hydrogen-bond acceptors (Lipinski definition) is 7. The summed E-state index contributed by atoms with van der Waals surface area (Å²) in [5.41, 5.74) is -0.171. The molecule has 2 aromatic rings. The number of halogens is 1. The highest BCUT2D eigenvalue weighted by Crippen LogP contribution is 2.37. The molecule has 1 aromatic carbocycles. The van der Waals surface area contributed by atoms with E-state index in [4.69, 9.17) is 9.57 Å². The maximum atomic E-state index is 13.5. The highest BCUT2D eigenvalue weighted by molar-refractivity contribution is 6.12. The number of fused-ring (bicyclic) bond motifs is 1. The molecule has 0 spiro atoms. The molecule has 0 radical (unpaired) electrons. The number of esters is 1. The number of rotatable bonds is 11. The Hall–Kier alpha value is -3.16. The van der Waals surface area contributed by atoms with Gasteiger partial charge in [-0.15, -0.1) is 0 Å². The number of ether oxygens (including phenoxy) is 1. The molecule has 1 aromatic heterocycles. The summed E-state index contributed by atoms with van der Waals surface area (Å²) in [6.07, 6.45) is 1.16. The second-order valence-corrected chi connectivity index (χ2v) is 9.44. The molecule has 0 saturated heterocycles. The lowest BCUT2D eigenvalue weighted by Gasteiger charge is -2.30. The van der Waals surface area contributed by atoms with Gasteiger partial charge in [-0.05, 0) is 17.4 Å². The molecule has 0 amide bonds.